The first kappa shape index (κ1) is 16.3. The molecule has 1 aromatic carbocycles. The third-order valence-electron chi connectivity index (χ3n) is 3.95. The summed E-state index contributed by atoms with van der Waals surface area (Å²) in [6.45, 7) is 11.0. The van der Waals surface area contributed by atoms with Gasteiger partial charge in [0.2, 0.25) is 0 Å². The number of aryl methyl sites for hydroxylation is 1. The Hall–Kier alpha value is -1.10. The van der Waals surface area contributed by atoms with Crippen LogP contribution in [0.15, 0.2) is 18.2 Å². The smallest absolute Gasteiger partial charge is 0.137 e. The minimum absolute atomic E-state index is 0.355. The molecule has 2 rings (SSSR count). The number of aliphatic hydroxyl groups excluding tert-OH is 1. The average Bonchev–Trinajstić information content (AvgIpc) is 2.46. The maximum Gasteiger partial charge on any atom is 0.137 e. The van der Waals surface area contributed by atoms with E-state index >= 15 is 0 Å². The van der Waals surface area contributed by atoms with Crippen LogP contribution in [0, 0.1) is 6.92 Å². The number of benzene rings is 1. The molecule has 0 aliphatic carbocycles. The number of aliphatic hydroxyl groups is 1. The number of hydrogen-bond acceptors (Lipinski definition) is 3. The largest absolute Gasteiger partial charge is 0.490 e. The summed E-state index contributed by atoms with van der Waals surface area (Å²) in [6.07, 6.45) is -0.432. The highest BCUT2D eigenvalue weighted by Crippen LogP contribution is 2.27. The Kier molecular flexibility index (Phi) is 6.03. The van der Waals surface area contributed by atoms with E-state index in [1.807, 2.05) is 0 Å². The van der Waals surface area contributed by atoms with E-state index in [0.29, 0.717) is 12.5 Å². The van der Waals surface area contributed by atoms with Crippen LogP contribution in [-0.4, -0.2) is 50.7 Å². The summed E-state index contributed by atoms with van der Waals surface area (Å²) in [6, 6.07) is 6.29. The fourth-order valence-electron chi connectivity index (χ4n) is 2.69. The molecule has 0 radical (unpaired) electrons. The normalized spacial score (nSPS) is 18.0. The van der Waals surface area contributed by atoms with Gasteiger partial charge in [0.05, 0.1) is 13.2 Å². The van der Waals surface area contributed by atoms with Crippen LogP contribution in [0.2, 0.25) is 0 Å². The lowest BCUT2D eigenvalue weighted by atomic mass is 10.0. The zero-order valence-electron chi connectivity index (χ0n) is 13.4. The van der Waals surface area contributed by atoms with Crippen molar-refractivity contribution in [2.24, 2.45) is 0 Å². The van der Waals surface area contributed by atoms with E-state index in [1.165, 1.54) is 16.0 Å². The van der Waals surface area contributed by atoms with Gasteiger partial charge in [-0.05, 0) is 30.0 Å². The molecule has 1 aliphatic heterocycles. The Morgan fingerprint density at radius 2 is 2.00 bits per heavy atom. The van der Waals surface area contributed by atoms with E-state index in [9.17, 15) is 5.11 Å². The van der Waals surface area contributed by atoms with Crippen LogP contribution in [0.25, 0.3) is 0 Å². The molecular weight excluding hydrogens is 266 g/mol. The lowest BCUT2D eigenvalue weighted by Crippen LogP contribution is -3.15. The molecule has 0 bridgehead atoms. The second-order valence-electron chi connectivity index (χ2n) is 6.23. The third kappa shape index (κ3) is 4.99. The van der Waals surface area contributed by atoms with Gasteiger partial charge in [0.15, 0.2) is 0 Å². The summed E-state index contributed by atoms with van der Waals surface area (Å²) in [7, 11) is 0. The van der Waals surface area contributed by atoms with E-state index < -0.39 is 6.10 Å². The van der Waals surface area contributed by atoms with Gasteiger partial charge < -0.3 is 19.5 Å². The molecule has 1 heterocycles. The number of ether oxygens (including phenoxy) is 2. The van der Waals surface area contributed by atoms with Crippen LogP contribution in [0.1, 0.15) is 30.9 Å². The summed E-state index contributed by atoms with van der Waals surface area (Å²) in [5.41, 5.74) is 2.38. The highest BCUT2D eigenvalue weighted by atomic mass is 16.5. The lowest BCUT2D eigenvalue weighted by Gasteiger charge is -2.26. The van der Waals surface area contributed by atoms with Gasteiger partial charge in [-0.1, -0.05) is 26.0 Å². The summed E-state index contributed by atoms with van der Waals surface area (Å²) in [5, 5.41) is 10.2. The van der Waals surface area contributed by atoms with E-state index in [2.05, 4.69) is 39.0 Å². The van der Waals surface area contributed by atoms with Crippen molar-refractivity contribution in [2.45, 2.75) is 32.8 Å². The number of quaternary nitrogens is 1. The van der Waals surface area contributed by atoms with Crippen molar-refractivity contribution in [1.29, 1.82) is 0 Å². The van der Waals surface area contributed by atoms with E-state index in [1.54, 1.807) is 0 Å². The van der Waals surface area contributed by atoms with E-state index in [0.717, 1.165) is 38.6 Å². The minimum Gasteiger partial charge on any atom is -0.490 e. The summed E-state index contributed by atoms with van der Waals surface area (Å²) < 4.78 is 11.2. The zero-order chi connectivity index (χ0) is 15.2. The average molecular weight is 294 g/mol. The van der Waals surface area contributed by atoms with Gasteiger partial charge in [-0.2, -0.15) is 0 Å². The molecule has 0 amide bonds. The molecule has 1 aromatic rings. The zero-order valence-corrected chi connectivity index (χ0v) is 13.4. The molecule has 4 nitrogen and oxygen atoms in total. The van der Waals surface area contributed by atoms with Gasteiger partial charge >= 0.3 is 0 Å². The summed E-state index contributed by atoms with van der Waals surface area (Å²) >= 11 is 0. The standard InChI is InChI=1S/C17H27NO3/c1-13(2)16-5-4-14(3)10-17(16)21-12-15(19)11-18-6-8-20-9-7-18/h4-5,10,13,15,19H,6-9,11-12H2,1-3H3/p+1. The number of hydrogen-bond donors (Lipinski definition) is 2. The molecule has 2 N–H and O–H groups in total. The maximum atomic E-state index is 10.2. The predicted octanol–water partition coefficient (Wildman–Crippen LogP) is 0.773. The van der Waals surface area contributed by atoms with Gasteiger partial charge in [0.1, 0.15) is 38.1 Å². The Balaban J connectivity index is 1.88. The third-order valence-corrected chi connectivity index (χ3v) is 3.95. The maximum absolute atomic E-state index is 10.2. The van der Waals surface area contributed by atoms with Crippen molar-refractivity contribution < 1.29 is 19.5 Å². The summed E-state index contributed by atoms with van der Waals surface area (Å²) in [4.78, 5) is 1.39. The van der Waals surface area contributed by atoms with Crippen LogP contribution < -0.4 is 9.64 Å². The molecule has 21 heavy (non-hydrogen) atoms. The molecule has 1 unspecified atom stereocenters. The van der Waals surface area contributed by atoms with Crippen LogP contribution in [0.5, 0.6) is 5.75 Å². The molecule has 118 valence electrons. The van der Waals surface area contributed by atoms with Crippen LogP contribution >= 0.6 is 0 Å². The second-order valence-corrected chi connectivity index (χ2v) is 6.23. The minimum atomic E-state index is -0.432. The van der Waals surface area contributed by atoms with Gasteiger partial charge in [-0.15, -0.1) is 0 Å². The van der Waals surface area contributed by atoms with Gasteiger partial charge in [-0.3, -0.25) is 0 Å². The summed E-state index contributed by atoms with van der Waals surface area (Å²) in [5.74, 6) is 1.32. The molecule has 0 aromatic heterocycles. The molecule has 0 saturated carbocycles. The first-order valence-electron chi connectivity index (χ1n) is 7.89. The van der Waals surface area contributed by atoms with Gasteiger partial charge in [0, 0.05) is 0 Å². The molecule has 1 saturated heterocycles. The first-order valence-corrected chi connectivity index (χ1v) is 7.89. The molecule has 1 fully saturated rings. The van der Waals surface area contributed by atoms with Crippen LogP contribution in [0.3, 0.4) is 0 Å². The van der Waals surface area contributed by atoms with Crippen molar-refractivity contribution in [2.75, 3.05) is 39.5 Å². The van der Waals surface area contributed by atoms with Crippen molar-refractivity contribution in [1.82, 2.24) is 0 Å². The van der Waals surface area contributed by atoms with Crippen molar-refractivity contribution in [3.63, 3.8) is 0 Å². The van der Waals surface area contributed by atoms with Crippen LogP contribution in [-0.2, 0) is 4.74 Å². The second kappa shape index (κ2) is 7.78. The highest BCUT2D eigenvalue weighted by Gasteiger charge is 2.19. The first-order chi connectivity index (χ1) is 10.1. The van der Waals surface area contributed by atoms with Crippen molar-refractivity contribution >= 4 is 0 Å². The van der Waals surface area contributed by atoms with Crippen LogP contribution in [0.4, 0.5) is 0 Å². The SMILES string of the molecule is Cc1ccc(C(C)C)c(OCC(O)C[NH+]2CCOCC2)c1. The van der Waals surface area contributed by atoms with E-state index in [-0.39, 0.29) is 0 Å². The monoisotopic (exact) mass is 294 g/mol. The van der Waals surface area contributed by atoms with Crippen molar-refractivity contribution in [3.8, 4) is 5.75 Å². The number of morpholine rings is 1. The van der Waals surface area contributed by atoms with Gasteiger partial charge in [-0.25, -0.2) is 0 Å². The topological polar surface area (TPSA) is 43.1 Å². The quantitative estimate of drug-likeness (QED) is 0.814. The predicted molar refractivity (Wildman–Crippen MR) is 83.2 cm³/mol. The Morgan fingerprint density at radius 1 is 1.29 bits per heavy atom. The number of nitrogens with one attached hydrogen (secondary N) is 1. The van der Waals surface area contributed by atoms with E-state index in [4.69, 9.17) is 9.47 Å². The van der Waals surface area contributed by atoms with Gasteiger partial charge in [0.25, 0.3) is 0 Å². The lowest BCUT2D eigenvalue weighted by molar-refractivity contribution is -0.911. The molecule has 0 spiro atoms. The fraction of sp³-hybridized carbons (Fsp3) is 0.647. The fourth-order valence-corrected chi connectivity index (χ4v) is 2.69. The molecule has 1 aliphatic rings. The Labute approximate surface area is 127 Å². The molecule has 1 atom stereocenters. The number of rotatable bonds is 6. The highest BCUT2D eigenvalue weighted by molar-refractivity contribution is 5.39. The van der Waals surface area contributed by atoms with Crippen molar-refractivity contribution in [3.05, 3.63) is 29.3 Å². The Bertz CT molecular complexity index is 442. The molecular formula is C17H28NO3+. The Morgan fingerprint density at radius 3 is 2.67 bits per heavy atom. The molecule has 4 heteroatoms.